The fourth-order valence-electron chi connectivity index (χ4n) is 3.41. The molecule has 1 aromatic heterocycles. The van der Waals surface area contributed by atoms with Gasteiger partial charge in [-0.15, -0.1) is 0 Å². The lowest BCUT2D eigenvalue weighted by molar-refractivity contribution is 0.0632. The normalized spacial score (nSPS) is 14.6. The van der Waals surface area contributed by atoms with Crippen LogP contribution in [0.1, 0.15) is 28.8 Å². The molecule has 0 N–H and O–H groups in total. The third-order valence-electron chi connectivity index (χ3n) is 5.03. The van der Waals surface area contributed by atoms with Gasteiger partial charge in [-0.25, -0.2) is 0 Å². The fourth-order valence-corrected chi connectivity index (χ4v) is 3.41. The van der Waals surface area contributed by atoms with E-state index < -0.39 is 0 Å². The Hall–Kier alpha value is -2.75. The molecule has 0 saturated carbocycles. The molecule has 1 saturated heterocycles. The summed E-state index contributed by atoms with van der Waals surface area (Å²) in [5, 5.41) is 9.08. The fraction of sp³-hybridized carbons (Fsp3) is 0.409. The zero-order chi connectivity index (χ0) is 19.8. The van der Waals surface area contributed by atoms with E-state index in [-0.39, 0.29) is 5.91 Å². The number of nitriles is 1. The summed E-state index contributed by atoms with van der Waals surface area (Å²) >= 11 is 0. The average Bonchev–Trinajstić information content (AvgIpc) is 2.77. The highest BCUT2D eigenvalue weighted by atomic mass is 16.5. The lowest BCUT2D eigenvalue weighted by atomic mass is 10.1. The van der Waals surface area contributed by atoms with Crippen LogP contribution in [-0.2, 0) is 4.74 Å². The summed E-state index contributed by atoms with van der Waals surface area (Å²) in [6.45, 7) is 5.17. The maximum atomic E-state index is 12.9. The molecular formula is C22H26N4O2. The van der Waals surface area contributed by atoms with E-state index in [1.807, 2.05) is 29.2 Å². The second-order valence-corrected chi connectivity index (χ2v) is 6.96. The van der Waals surface area contributed by atoms with Crippen LogP contribution in [0.2, 0.25) is 0 Å². The van der Waals surface area contributed by atoms with Crippen LogP contribution in [0.25, 0.3) is 11.3 Å². The molecule has 0 spiro atoms. The van der Waals surface area contributed by atoms with Crippen molar-refractivity contribution in [2.75, 3.05) is 46.4 Å². The van der Waals surface area contributed by atoms with E-state index in [1.54, 1.807) is 25.4 Å². The molecule has 1 fully saturated rings. The quantitative estimate of drug-likeness (QED) is 0.693. The highest BCUT2D eigenvalue weighted by Crippen LogP contribution is 2.20. The summed E-state index contributed by atoms with van der Waals surface area (Å²) in [6, 6.07) is 13.0. The molecule has 1 amide bonds. The number of unbranched alkanes of at least 4 members (excludes halogenated alkanes) is 1. The topological polar surface area (TPSA) is 69.5 Å². The zero-order valence-corrected chi connectivity index (χ0v) is 16.3. The molecule has 28 heavy (non-hydrogen) atoms. The van der Waals surface area contributed by atoms with Crippen LogP contribution in [0.3, 0.4) is 0 Å². The predicted molar refractivity (Wildman–Crippen MR) is 108 cm³/mol. The summed E-state index contributed by atoms with van der Waals surface area (Å²) < 4.78 is 5.09. The Morgan fingerprint density at radius 2 is 2.00 bits per heavy atom. The Kier molecular flexibility index (Phi) is 7.12. The minimum absolute atomic E-state index is 0.0531. The van der Waals surface area contributed by atoms with Crippen LogP contribution in [0.5, 0.6) is 0 Å². The SMILES string of the molecule is COCCCCN1CCN(C(=O)c2cccc(-c3cc(C#N)ccn3)c2)CC1. The number of amides is 1. The molecule has 0 unspecified atom stereocenters. The van der Waals surface area contributed by atoms with Crippen molar-refractivity contribution in [2.24, 2.45) is 0 Å². The van der Waals surface area contributed by atoms with Gasteiger partial charge in [-0.3, -0.25) is 14.7 Å². The van der Waals surface area contributed by atoms with Gasteiger partial charge in [-0.2, -0.15) is 5.26 Å². The third-order valence-corrected chi connectivity index (χ3v) is 5.03. The number of carbonyl (C=O) groups excluding carboxylic acids is 1. The monoisotopic (exact) mass is 378 g/mol. The van der Waals surface area contributed by atoms with Gasteiger partial charge < -0.3 is 9.64 Å². The van der Waals surface area contributed by atoms with Crippen LogP contribution in [0.4, 0.5) is 0 Å². The minimum atomic E-state index is 0.0531. The van der Waals surface area contributed by atoms with Crippen molar-refractivity contribution in [2.45, 2.75) is 12.8 Å². The van der Waals surface area contributed by atoms with Gasteiger partial charge in [-0.1, -0.05) is 12.1 Å². The summed E-state index contributed by atoms with van der Waals surface area (Å²) in [5.74, 6) is 0.0531. The van der Waals surface area contributed by atoms with Crippen LogP contribution >= 0.6 is 0 Å². The highest BCUT2D eigenvalue weighted by molar-refractivity contribution is 5.95. The zero-order valence-electron chi connectivity index (χ0n) is 16.3. The number of aromatic nitrogens is 1. The maximum Gasteiger partial charge on any atom is 0.253 e. The summed E-state index contributed by atoms with van der Waals surface area (Å²) in [7, 11) is 1.73. The third kappa shape index (κ3) is 5.16. The van der Waals surface area contributed by atoms with Gasteiger partial charge in [-0.05, 0) is 43.7 Å². The molecule has 2 aromatic rings. The molecule has 1 aliphatic rings. The smallest absolute Gasteiger partial charge is 0.253 e. The second-order valence-electron chi connectivity index (χ2n) is 6.96. The van der Waals surface area contributed by atoms with Crippen molar-refractivity contribution in [3.05, 3.63) is 53.7 Å². The Labute approximate surface area is 166 Å². The lowest BCUT2D eigenvalue weighted by Gasteiger charge is -2.34. The Bertz CT molecular complexity index is 838. The summed E-state index contributed by atoms with van der Waals surface area (Å²) in [4.78, 5) is 21.6. The van der Waals surface area contributed by atoms with Crippen LogP contribution < -0.4 is 0 Å². The number of benzene rings is 1. The van der Waals surface area contributed by atoms with E-state index >= 15 is 0 Å². The summed E-state index contributed by atoms with van der Waals surface area (Å²) in [5.41, 5.74) is 2.77. The standard InChI is InChI=1S/C22H26N4O2/c1-28-14-3-2-9-25-10-12-26(13-11-25)22(27)20-6-4-5-19(16-20)21-15-18(17-23)7-8-24-21/h4-8,15-16H,2-3,9-14H2,1H3. The number of methoxy groups -OCH3 is 1. The number of piperazine rings is 1. The molecule has 0 radical (unpaired) electrons. The molecule has 146 valence electrons. The van der Waals surface area contributed by atoms with Gasteiger partial charge in [0.05, 0.1) is 17.3 Å². The number of hydrogen-bond donors (Lipinski definition) is 0. The molecule has 1 aliphatic heterocycles. The van der Waals surface area contributed by atoms with Crippen LogP contribution in [-0.4, -0.2) is 67.1 Å². The van der Waals surface area contributed by atoms with E-state index in [9.17, 15) is 4.79 Å². The Morgan fingerprint density at radius 1 is 1.18 bits per heavy atom. The van der Waals surface area contributed by atoms with Gasteiger partial charge in [0, 0.05) is 57.2 Å². The molecule has 6 heteroatoms. The molecule has 3 rings (SSSR count). The molecule has 2 heterocycles. The first kappa shape index (κ1) is 20.0. The molecular weight excluding hydrogens is 352 g/mol. The van der Waals surface area contributed by atoms with E-state index in [0.29, 0.717) is 16.8 Å². The van der Waals surface area contributed by atoms with Crippen molar-refractivity contribution in [1.29, 1.82) is 5.26 Å². The first-order valence-corrected chi connectivity index (χ1v) is 9.68. The van der Waals surface area contributed by atoms with Gasteiger partial charge in [0.15, 0.2) is 0 Å². The van der Waals surface area contributed by atoms with E-state index in [1.165, 1.54) is 0 Å². The second kappa shape index (κ2) is 9.98. The van der Waals surface area contributed by atoms with E-state index in [2.05, 4.69) is 16.0 Å². The number of hydrogen-bond acceptors (Lipinski definition) is 5. The molecule has 0 atom stereocenters. The lowest BCUT2D eigenvalue weighted by Crippen LogP contribution is -2.48. The number of ether oxygens (including phenoxy) is 1. The van der Waals surface area contributed by atoms with Crippen molar-refractivity contribution < 1.29 is 9.53 Å². The highest BCUT2D eigenvalue weighted by Gasteiger charge is 2.22. The Balaban J connectivity index is 1.60. The molecule has 1 aromatic carbocycles. The largest absolute Gasteiger partial charge is 0.385 e. The number of rotatable bonds is 7. The average molecular weight is 378 g/mol. The molecule has 0 aliphatic carbocycles. The maximum absolute atomic E-state index is 12.9. The van der Waals surface area contributed by atoms with Crippen molar-refractivity contribution in [3.8, 4) is 17.3 Å². The van der Waals surface area contributed by atoms with Gasteiger partial charge >= 0.3 is 0 Å². The minimum Gasteiger partial charge on any atom is -0.385 e. The predicted octanol–water partition coefficient (Wildman–Crippen LogP) is 2.80. The molecule has 6 nitrogen and oxygen atoms in total. The van der Waals surface area contributed by atoms with Crippen molar-refractivity contribution in [1.82, 2.24) is 14.8 Å². The van der Waals surface area contributed by atoms with Crippen LogP contribution in [0.15, 0.2) is 42.6 Å². The Morgan fingerprint density at radius 3 is 2.75 bits per heavy atom. The number of pyridine rings is 1. The van der Waals surface area contributed by atoms with Gasteiger partial charge in [0.25, 0.3) is 5.91 Å². The van der Waals surface area contributed by atoms with Crippen LogP contribution in [0, 0.1) is 11.3 Å². The van der Waals surface area contributed by atoms with Gasteiger partial charge in [0.2, 0.25) is 0 Å². The first-order valence-electron chi connectivity index (χ1n) is 9.68. The summed E-state index contributed by atoms with van der Waals surface area (Å²) in [6.07, 6.45) is 3.82. The van der Waals surface area contributed by atoms with E-state index in [4.69, 9.17) is 10.00 Å². The van der Waals surface area contributed by atoms with Crippen molar-refractivity contribution >= 4 is 5.91 Å². The van der Waals surface area contributed by atoms with Crippen molar-refractivity contribution in [3.63, 3.8) is 0 Å². The van der Waals surface area contributed by atoms with E-state index in [0.717, 1.165) is 57.7 Å². The number of carbonyl (C=O) groups is 1. The molecule has 0 bridgehead atoms. The first-order chi connectivity index (χ1) is 13.7. The van der Waals surface area contributed by atoms with Gasteiger partial charge in [0.1, 0.15) is 0 Å². The number of nitrogens with zero attached hydrogens (tertiary/aromatic N) is 4.